The Hall–Kier alpha value is -2.28. The molecule has 1 aliphatic heterocycles. The van der Waals surface area contributed by atoms with Crippen LogP contribution in [-0.4, -0.2) is 50.2 Å². The number of piperidine rings is 1. The lowest BCUT2D eigenvalue weighted by atomic mass is 10.0. The molecular weight excluding hydrogens is 296 g/mol. The molecule has 1 saturated heterocycles. The largest absolute Gasteiger partial charge is 0.394 e. The molecule has 23 heavy (non-hydrogen) atoms. The molecule has 2 aromatic heterocycles. The van der Waals surface area contributed by atoms with Crippen molar-refractivity contribution >= 4 is 5.91 Å². The van der Waals surface area contributed by atoms with Crippen molar-refractivity contribution < 1.29 is 14.4 Å². The van der Waals surface area contributed by atoms with Gasteiger partial charge in [0.25, 0.3) is 0 Å². The second-order valence-corrected chi connectivity index (χ2v) is 5.67. The van der Waals surface area contributed by atoms with Gasteiger partial charge in [-0.1, -0.05) is 5.16 Å². The molecule has 0 aliphatic carbocycles. The summed E-state index contributed by atoms with van der Waals surface area (Å²) < 4.78 is 5.20. The fourth-order valence-electron chi connectivity index (χ4n) is 2.84. The summed E-state index contributed by atoms with van der Waals surface area (Å²) in [5, 5.41) is 13.3. The van der Waals surface area contributed by atoms with Crippen LogP contribution in [0.4, 0.5) is 0 Å². The molecule has 3 heterocycles. The highest BCUT2D eigenvalue weighted by Crippen LogP contribution is 2.19. The summed E-state index contributed by atoms with van der Waals surface area (Å²) in [6.45, 7) is 0.742. The Labute approximate surface area is 134 Å². The van der Waals surface area contributed by atoms with Gasteiger partial charge in [-0.05, 0) is 31.4 Å². The number of aryl methyl sites for hydroxylation is 1. The molecule has 1 amide bonds. The summed E-state index contributed by atoms with van der Waals surface area (Å²) in [6.07, 6.45) is 6.99. The summed E-state index contributed by atoms with van der Waals surface area (Å²) in [6, 6.07) is 3.61. The van der Waals surface area contributed by atoms with Gasteiger partial charge in [-0.3, -0.25) is 9.78 Å². The lowest BCUT2D eigenvalue weighted by Gasteiger charge is -2.34. The predicted octanol–water partition coefficient (Wildman–Crippen LogP) is 1.44. The first kappa shape index (κ1) is 15.6. The second-order valence-electron chi connectivity index (χ2n) is 5.67. The number of aromatic nitrogens is 3. The highest BCUT2D eigenvalue weighted by Gasteiger charge is 2.26. The number of likely N-dealkylation sites (tertiary alicyclic amines) is 1. The average Bonchev–Trinajstić information content (AvgIpc) is 3.09. The van der Waals surface area contributed by atoms with Crippen LogP contribution in [0.3, 0.4) is 0 Å². The van der Waals surface area contributed by atoms with Gasteiger partial charge >= 0.3 is 0 Å². The third kappa shape index (κ3) is 3.73. The Morgan fingerprint density at radius 1 is 1.43 bits per heavy atom. The van der Waals surface area contributed by atoms with E-state index < -0.39 is 0 Å². The van der Waals surface area contributed by atoms with Crippen molar-refractivity contribution in [3.8, 4) is 11.4 Å². The summed E-state index contributed by atoms with van der Waals surface area (Å²) in [5.74, 6) is 0.950. The molecular formula is C16H20N4O3. The number of carbonyl (C=O) groups is 1. The van der Waals surface area contributed by atoms with Gasteiger partial charge in [-0.15, -0.1) is 0 Å². The highest BCUT2D eigenvalue weighted by molar-refractivity contribution is 5.76. The first-order valence-corrected chi connectivity index (χ1v) is 7.91. The van der Waals surface area contributed by atoms with E-state index in [4.69, 9.17) is 4.52 Å². The Kier molecular flexibility index (Phi) is 4.97. The first-order chi connectivity index (χ1) is 11.3. The van der Waals surface area contributed by atoms with E-state index in [1.165, 1.54) is 0 Å². The number of amides is 1. The fraction of sp³-hybridized carbons (Fsp3) is 0.500. The van der Waals surface area contributed by atoms with Crippen molar-refractivity contribution in [2.75, 3.05) is 13.2 Å². The topological polar surface area (TPSA) is 92.3 Å². The molecule has 2 aromatic rings. The normalized spacial score (nSPS) is 18.1. The Balaban J connectivity index is 1.58. The molecule has 1 unspecified atom stereocenters. The highest BCUT2D eigenvalue weighted by atomic mass is 16.5. The van der Waals surface area contributed by atoms with Gasteiger partial charge in [0.1, 0.15) is 0 Å². The molecule has 1 aliphatic rings. The zero-order valence-corrected chi connectivity index (χ0v) is 12.9. The fourth-order valence-corrected chi connectivity index (χ4v) is 2.84. The molecule has 1 N–H and O–H groups in total. The molecule has 0 spiro atoms. The molecule has 1 atom stereocenters. The molecule has 0 saturated carbocycles. The van der Waals surface area contributed by atoms with Crippen molar-refractivity contribution in [3.63, 3.8) is 0 Å². The summed E-state index contributed by atoms with van der Waals surface area (Å²) in [4.78, 5) is 22.4. The molecule has 122 valence electrons. The van der Waals surface area contributed by atoms with E-state index in [-0.39, 0.29) is 18.6 Å². The maximum Gasteiger partial charge on any atom is 0.227 e. The van der Waals surface area contributed by atoms with Gasteiger partial charge in [0.15, 0.2) is 0 Å². The minimum Gasteiger partial charge on any atom is -0.394 e. The zero-order valence-electron chi connectivity index (χ0n) is 12.9. The maximum absolute atomic E-state index is 12.3. The van der Waals surface area contributed by atoms with E-state index >= 15 is 0 Å². The Bertz CT molecular complexity index is 644. The number of aliphatic hydroxyl groups is 1. The molecule has 7 heteroatoms. The lowest BCUT2D eigenvalue weighted by Crippen LogP contribution is -2.45. The van der Waals surface area contributed by atoms with Crippen LogP contribution in [0.2, 0.25) is 0 Å². The van der Waals surface area contributed by atoms with Crippen LogP contribution in [-0.2, 0) is 11.2 Å². The van der Waals surface area contributed by atoms with Gasteiger partial charge in [0.2, 0.25) is 17.6 Å². The molecule has 3 rings (SSSR count). The van der Waals surface area contributed by atoms with Crippen LogP contribution >= 0.6 is 0 Å². The van der Waals surface area contributed by atoms with Gasteiger partial charge in [-0.2, -0.15) is 4.98 Å². The van der Waals surface area contributed by atoms with Gasteiger partial charge in [0, 0.05) is 37.3 Å². The zero-order chi connectivity index (χ0) is 16.1. The van der Waals surface area contributed by atoms with Crippen LogP contribution in [0.15, 0.2) is 29.0 Å². The minimum absolute atomic E-state index is 0.0253. The van der Waals surface area contributed by atoms with Crippen LogP contribution in [0.1, 0.15) is 31.6 Å². The van der Waals surface area contributed by atoms with Gasteiger partial charge in [0.05, 0.1) is 12.6 Å². The van der Waals surface area contributed by atoms with Gasteiger partial charge < -0.3 is 14.5 Å². The summed E-state index contributed by atoms with van der Waals surface area (Å²) in [5.41, 5.74) is 0.783. The Morgan fingerprint density at radius 3 is 3.13 bits per heavy atom. The number of aliphatic hydroxyl groups excluding tert-OH is 1. The van der Waals surface area contributed by atoms with E-state index in [2.05, 4.69) is 15.1 Å². The number of nitrogens with zero attached hydrogens (tertiary/aromatic N) is 4. The second kappa shape index (κ2) is 7.32. The SMILES string of the molecule is O=C(CCc1nc(-c2cccnc2)no1)N1CCCCC1CO. The van der Waals surface area contributed by atoms with Crippen molar-refractivity contribution in [2.24, 2.45) is 0 Å². The molecule has 1 fully saturated rings. The van der Waals surface area contributed by atoms with E-state index in [9.17, 15) is 9.90 Å². The quantitative estimate of drug-likeness (QED) is 0.897. The third-order valence-corrected chi connectivity index (χ3v) is 4.10. The van der Waals surface area contributed by atoms with Crippen molar-refractivity contribution in [1.29, 1.82) is 0 Å². The smallest absolute Gasteiger partial charge is 0.227 e. The summed E-state index contributed by atoms with van der Waals surface area (Å²) in [7, 11) is 0. The number of pyridine rings is 1. The Morgan fingerprint density at radius 2 is 2.35 bits per heavy atom. The number of hydrogen-bond donors (Lipinski definition) is 1. The predicted molar refractivity (Wildman–Crippen MR) is 82.3 cm³/mol. The molecule has 7 nitrogen and oxygen atoms in total. The first-order valence-electron chi connectivity index (χ1n) is 7.91. The molecule has 0 bridgehead atoms. The molecule has 0 aromatic carbocycles. The summed E-state index contributed by atoms with van der Waals surface area (Å²) >= 11 is 0. The van der Waals surface area contributed by atoms with Crippen molar-refractivity contribution in [2.45, 2.75) is 38.1 Å². The number of carbonyl (C=O) groups excluding carboxylic acids is 1. The van der Waals surface area contributed by atoms with Crippen molar-refractivity contribution in [3.05, 3.63) is 30.4 Å². The van der Waals surface area contributed by atoms with Crippen LogP contribution < -0.4 is 0 Å². The third-order valence-electron chi connectivity index (χ3n) is 4.10. The average molecular weight is 316 g/mol. The monoisotopic (exact) mass is 316 g/mol. The van der Waals surface area contributed by atoms with E-state index in [0.29, 0.717) is 24.6 Å². The van der Waals surface area contributed by atoms with Crippen molar-refractivity contribution in [1.82, 2.24) is 20.0 Å². The van der Waals surface area contributed by atoms with Crippen LogP contribution in [0, 0.1) is 0 Å². The van der Waals surface area contributed by atoms with Crippen LogP contribution in [0.25, 0.3) is 11.4 Å². The standard InChI is InChI=1S/C16H20N4O3/c21-11-13-5-1-2-9-20(13)15(22)7-6-14-18-16(19-23-14)12-4-3-8-17-10-12/h3-4,8,10,13,21H,1-2,5-7,9,11H2. The molecule has 0 radical (unpaired) electrons. The lowest BCUT2D eigenvalue weighted by molar-refractivity contribution is -0.136. The van der Waals surface area contributed by atoms with Gasteiger partial charge in [-0.25, -0.2) is 0 Å². The minimum atomic E-state index is -0.0510. The van der Waals surface area contributed by atoms with E-state index in [1.807, 2.05) is 6.07 Å². The maximum atomic E-state index is 12.3. The number of rotatable bonds is 5. The van der Waals surface area contributed by atoms with E-state index in [0.717, 1.165) is 31.4 Å². The van der Waals surface area contributed by atoms with Crippen LogP contribution in [0.5, 0.6) is 0 Å². The van der Waals surface area contributed by atoms with E-state index in [1.54, 1.807) is 23.4 Å². The number of hydrogen-bond acceptors (Lipinski definition) is 6.